The van der Waals surface area contributed by atoms with Crippen molar-refractivity contribution in [2.24, 2.45) is 0 Å². The summed E-state index contributed by atoms with van der Waals surface area (Å²) in [5.41, 5.74) is 2.29. The number of hydrogen-bond donors (Lipinski definition) is 1. The van der Waals surface area contributed by atoms with Gasteiger partial charge in [0, 0.05) is 6.08 Å². The third-order valence-electron chi connectivity index (χ3n) is 6.84. The molecule has 0 aliphatic carbocycles. The molecule has 0 heterocycles. The second-order valence-corrected chi connectivity index (χ2v) is 11.5. The molecule has 256 valence electrons. The topological polar surface area (TPSA) is 128 Å². The number of hydrogen-bond acceptors (Lipinski definition) is 11. The van der Waals surface area contributed by atoms with Gasteiger partial charge in [0.05, 0.1) is 32.0 Å². The average Bonchev–Trinajstić information content (AvgIpc) is 3.08. The maximum Gasteiger partial charge on any atom is 0.343 e. The summed E-state index contributed by atoms with van der Waals surface area (Å²) in [5.74, 6) is 0.401. The fraction of sp³-hybridized carbons (Fsp3) is 0.361. The molecule has 3 rings (SSSR count). The molecule has 0 radical (unpaired) electrons. The standard InChI is InChI=1S/C36H44BNO10/c1-5-32(39)46-25-24-45-29-12-6-26(7-13-29)27-8-16-31(17-9-27)48-34(40)28-10-14-30(15-11-28)44-22-20-42-18-19-43-21-23-47-35(41)33(38-4)36(2,3)37/h5-17,33,38H,1,18-25,37H2,2-4H3. The molecule has 0 spiro atoms. The van der Waals surface area contributed by atoms with Crippen LogP contribution in [0, 0.1) is 0 Å². The zero-order chi connectivity index (χ0) is 34.8. The van der Waals surface area contributed by atoms with Crippen molar-refractivity contribution >= 4 is 25.8 Å². The van der Waals surface area contributed by atoms with Crippen LogP contribution in [-0.4, -0.2) is 91.7 Å². The highest BCUT2D eigenvalue weighted by atomic mass is 16.6. The Morgan fingerprint density at radius 3 is 1.69 bits per heavy atom. The number of likely N-dealkylation sites (N-methyl/N-ethyl adjacent to an activating group) is 1. The van der Waals surface area contributed by atoms with E-state index in [0.29, 0.717) is 49.2 Å². The van der Waals surface area contributed by atoms with Crippen LogP contribution in [0.25, 0.3) is 11.1 Å². The first-order chi connectivity index (χ1) is 23.1. The van der Waals surface area contributed by atoms with Gasteiger partial charge in [0.15, 0.2) is 0 Å². The Labute approximate surface area is 282 Å². The molecular formula is C36H44BNO10. The van der Waals surface area contributed by atoms with Gasteiger partial charge in [-0.3, -0.25) is 4.79 Å². The molecule has 48 heavy (non-hydrogen) atoms. The largest absolute Gasteiger partial charge is 0.491 e. The Morgan fingerprint density at radius 1 is 0.708 bits per heavy atom. The van der Waals surface area contributed by atoms with E-state index in [0.717, 1.165) is 17.2 Å². The third-order valence-corrected chi connectivity index (χ3v) is 6.84. The second kappa shape index (κ2) is 19.9. The van der Waals surface area contributed by atoms with Gasteiger partial charge in [-0.05, 0) is 72.0 Å². The lowest BCUT2D eigenvalue weighted by atomic mass is 9.67. The number of rotatable bonds is 21. The molecule has 0 fully saturated rings. The number of esters is 3. The SMILES string of the molecule is BC(C)(C)C(NC)C(=O)OCCOCCOCCOc1ccc(C(=O)Oc2ccc(-c3ccc(OCCOC(=O)C=C)cc3)cc2)cc1. The van der Waals surface area contributed by atoms with E-state index in [9.17, 15) is 14.4 Å². The summed E-state index contributed by atoms with van der Waals surface area (Å²) < 4.78 is 37.9. The van der Waals surface area contributed by atoms with Crippen LogP contribution in [0.5, 0.6) is 17.2 Å². The molecule has 0 amide bonds. The van der Waals surface area contributed by atoms with Crippen LogP contribution in [0.1, 0.15) is 24.2 Å². The highest BCUT2D eigenvalue weighted by Gasteiger charge is 2.30. The molecule has 0 saturated heterocycles. The van der Waals surface area contributed by atoms with Crippen LogP contribution >= 0.6 is 0 Å². The molecule has 3 aromatic rings. The fourth-order valence-corrected chi connectivity index (χ4v) is 4.40. The summed E-state index contributed by atoms with van der Waals surface area (Å²) in [7, 11) is 3.71. The van der Waals surface area contributed by atoms with Gasteiger partial charge < -0.3 is 38.5 Å². The maximum absolute atomic E-state index is 12.7. The van der Waals surface area contributed by atoms with Gasteiger partial charge in [-0.2, -0.15) is 0 Å². The average molecular weight is 662 g/mol. The molecule has 11 nitrogen and oxygen atoms in total. The Kier molecular flexibility index (Phi) is 15.7. The minimum atomic E-state index is -0.488. The van der Waals surface area contributed by atoms with Crippen molar-refractivity contribution in [2.75, 3.05) is 59.9 Å². The second-order valence-electron chi connectivity index (χ2n) is 11.5. The number of ether oxygens (including phenoxy) is 7. The van der Waals surface area contributed by atoms with Crippen molar-refractivity contribution in [1.82, 2.24) is 5.32 Å². The van der Waals surface area contributed by atoms with Crippen molar-refractivity contribution in [2.45, 2.75) is 25.2 Å². The Balaban J connectivity index is 1.29. The third kappa shape index (κ3) is 13.2. The lowest BCUT2D eigenvalue weighted by molar-refractivity contribution is -0.148. The molecule has 1 unspecified atom stereocenters. The highest BCUT2D eigenvalue weighted by Crippen LogP contribution is 2.26. The van der Waals surface area contributed by atoms with E-state index in [2.05, 4.69) is 11.9 Å². The van der Waals surface area contributed by atoms with Gasteiger partial charge in [-0.1, -0.05) is 44.7 Å². The molecule has 12 heteroatoms. The van der Waals surface area contributed by atoms with E-state index < -0.39 is 11.9 Å². The van der Waals surface area contributed by atoms with Crippen molar-refractivity contribution in [3.8, 4) is 28.4 Å². The molecule has 0 aliphatic heterocycles. The summed E-state index contributed by atoms with van der Waals surface area (Å²) in [5, 5.41) is 2.74. The normalized spacial score (nSPS) is 11.6. The highest BCUT2D eigenvalue weighted by molar-refractivity contribution is 6.17. The lowest BCUT2D eigenvalue weighted by Gasteiger charge is -2.28. The number of nitrogens with one attached hydrogen (secondary N) is 1. The number of carbonyl (C=O) groups excluding carboxylic acids is 3. The predicted molar refractivity (Wildman–Crippen MR) is 183 cm³/mol. The van der Waals surface area contributed by atoms with Crippen molar-refractivity contribution in [3.63, 3.8) is 0 Å². The number of carbonyl (C=O) groups is 3. The Hall–Kier alpha value is -4.65. The molecule has 0 aliphatic rings. The molecule has 0 aromatic heterocycles. The van der Waals surface area contributed by atoms with Gasteiger partial charge >= 0.3 is 17.9 Å². The smallest absolute Gasteiger partial charge is 0.343 e. The van der Waals surface area contributed by atoms with E-state index in [4.69, 9.17) is 33.2 Å². The van der Waals surface area contributed by atoms with Crippen molar-refractivity contribution in [1.29, 1.82) is 0 Å². The van der Waals surface area contributed by atoms with Crippen LogP contribution in [0.4, 0.5) is 0 Å². The van der Waals surface area contributed by atoms with E-state index >= 15 is 0 Å². The van der Waals surface area contributed by atoms with E-state index in [1.54, 1.807) is 43.4 Å². The minimum absolute atomic E-state index is 0.137. The summed E-state index contributed by atoms with van der Waals surface area (Å²) >= 11 is 0. The van der Waals surface area contributed by atoms with E-state index in [1.807, 2.05) is 58.1 Å². The predicted octanol–water partition coefficient (Wildman–Crippen LogP) is 4.06. The monoisotopic (exact) mass is 661 g/mol. The van der Waals surface area contributed by atoms with Crippen LogP contribution in [-0.2, 0) is 28.5 Å². The molecule has 1 N–H and O–H groups in total. The van der Waals surface area contributed by atoms with E-state index in [-0.39, 0.29) is 43.8 Å². The molecular weight excluding hydrogens is 617 g/mol. The quantitative estimate of drug-likeness (QED) is 0.0584. The maximum atomic E-state index is 12.7. The molecule has 0 bridgehead atoms. The van der Waals surface area contributed by atoms with Gasteiger partial charge in [-0.25, -0.2) is 9.59 Å². The van der Waals surface area contributed by atoms with E-state index in [1.165, 1.54) is 0 Å². The van der Waals surface area contributed by atoms with Crippen LogP contribution in [0.2, 0.25) is 5.31 Å². The van der Waals surface area contributed by atoms with Gasteiger partial charge in [0.2, 0.25) is 0 Å². The first-order valence-electron chi connectivity index (χ1n) is 15.7. The Bertz CT molecular complexity index is 1440. The zero-order valence-electron chi connectivity index (χ0n) is 28.0. The van der Waals surface area contributed by atoms with Gasteiger partial charge in [-0.15, -0.1) is 0 Å². The summed E-state index contributed by atoms with van der Waals surface area (Å²) in [4.78, 5) is 35.9. The summed E-state index contributed by atoms with van der Waals surface area (Å²) in [6.07, 6.45) is 1.11. The molecule has 3 aromatic carbocycles. The Morgan fingerprint density at radius 2 is 1.17 bits per heavy atom. The van der Waals surface area contributed by atoms with Crippen molar-refractivity contribution < 1.29 is 47.5 Å². The lowest BCUT2D eigenvalue weighted by Crippen LogP contribution is -2.44. The molecule has 0 saturated carbocycles. The molecule has 1 atom stereocenters. The number of benzene rings is 3. The van der Waals surface area contributed by atoms with Crippen molar-refractivity contribution in [3.05, 3.63) is 91.0 Å². The summed E-state index contributed by atoms with van der Waals surface area (Å²) in [6.45, 7) is 9.57. The van der Waals surface area contributed by atoms with Gasteiger partial charge in [0.25, 0.3) is 0 Å². The van der Waals surface area contributed by atoms with Gasteiger partial charge in [0.1, 0.15) is 57.6 Å². The van der Waals surface area contributed by atoms with Crippen LogP contribution in [0.3, 0.4) is 0 Å². The van der Waals surface area contributed by atoms with Crippen LogP contribution in [0.15, 0.2) is 85.5 Å². The zero-order valence-corrected chi connectivity index (χ0v) is 28.0. The first-order valence-corrected chi connectivity index (χ1v) is 15.7. The van der Waals surface area contributed by atoms with Crippen LogP contribution < -0.4 is 19.5 Å². The summed E-state index contributed by atoms with van der Waals surface area (Å²) in [6, 6.07) is 21.0. The first kappa shape index (κ1) is 37.8. The fourth-order valence-electron chi connectivity index (χ4n) is 4.40. The minimum Gasteiger partial charge on any atom is -0.491 e.